The Hall–Kier alpha value is -0.800. The van der Waals surface area contributed by atoms with E-state index >= 15 is 0 Å². The van der Waals surface area contributed by atoms with Crippen molar-refractivity contribution in [2.45, 2.75) is 38.6 Å². The predicted octanol–water partition coefficient (Wildman–Crippen LogP) is 3.84. The van der Waals surface area contributed by atoms with E-state index in [-0.39, 0.29) is 30.0 Å². The van der Waals surface area contributed by atoms with E-state index in [4.69, 9.17) is 10.5 Å². The summed E-state index contributed by atoms with van der Waals surface area (Å²) in [6.45, 7) is 2.14. The lowest BCUT2D eigenvalue weighted by molar-refractivity contribution is 0.381. The van der Waals surface area contributed by atoms with Crippen molar-refractivity contribution in [2.24, 2.45) is 5.73 Å². The van der Waals surface area contributed by atoms with E-state index in [0.717, 1.165) is 25.7 Å². The van der Waals surface area contributed by atoms with Crippen molar-refractivity contribution >= 4 is 12.4 Å². The maximum atomic E-state index is 13.8. The van der Waals surface area contributed by atoms with Gasteiger partial charge < -0.3 is 10.5 Å². The lowest BCUT2D eigenvalue weighted by atomic mass is 10.0. The lowest BCUT2D eigenvalue weighted by Crippen LogP contribution is -2.12. The maximum Gasteiger partial charge on any atom is 0.169 e. The summed E-state index contributed by atoms with van der Waals surface area (Å²) < 4.78 is 18.8. The Labute approximate surface area is 109 Å². The van der Waals surface area contributed by atoms with Gasteiger partial charge in [-0.05, 0) is 12.5 Å². The minimum atomic E-state index is -0.325. The highest BCUT2D eigenvalue weighted by atomic mass is 35.5. The fraction of sp³-hybridized carbons (Fsp3) is 0.538. The highest BCUT2D eigenvalue weighted by molar-refractivity contribution is 5.85. The van der Waals surface area contributed by atoms with Crippen LogP contribution in [0, 0.1) is 5.82 Å². The van der Waals surface area contributed by atoms with Gasteiger partial charge in [0.2, 0.25) is 0 Å². The smallest absolute Gasteiger partial charge is 0.169 e. The summed E-state index contributed by atoms with van der Waals surface area (Å²) in [7, 11) is 1.46. The van der Waals surface area contributed by atoms with Crippen LogP contribution < -0.4 is 10.5 Å². The number of ether oxygens (including phenoxy) is 1. The molecule has 0 heterocycles. The van der Waals surface area contributed by atoms with Gasteiger partial charge >= 0.3 is 0 Å². The van der Waals surface area contributed by atoms with Crippen LogP contribution in [-0.2, 0) is 0 Å². The molecule has 0 aliphatic carbocycles. The molecule has 0 unspecified atom stereocenters. The van der Waals surface area contributed by atoms with Gasteiger partial charge in [0.05, 0.1) is 7.11 Å². The average Bonchev–Trinajstić information content (AvgIpc) is 2.29. The first-order chi connectivity index (χ1) is 7.70. The highest BCUT2D eigenvalue weighted by Gasteiger charge is 2.14. The molecule has 0 aromatic heterocycles. The summed E-state index contributed by atoms with van der Waals surface area (Å²) in [6, 6.07) is 4.88. The molecule has 17 heavy (non-hydrogen) atoms. The third-order valence-corrected chi connectivity index (χ3v) is 2.73. The van der Waals surface area contributed by atoms with Gasteiger partial charge in [-0.15, -0.1) is 12.4 Å². The largest absolute Gasteiger partial charge is 0.494 e. The molecule has 0 fully saturated rings. The summed E-state index contributed by atoms with van der Waals surface area (Å²) in [6.07, 6.45) is 4.14. The number of benzene rings is 1. The number of halogens is 2. The maximum absolute atomic E-state index is 13.8. The third-order valence-electron chi connectivity index (χ3n) is 2.73. The Morgan fingerprint density at radius 1 is 1.35 bits per heavy atom. The lowest BCUT2D eigenvalue weighted by Gasteiger charge is -2.14. The first-order valence-corrected chi connectivity index (χ1v) is 5.78. The molecular weight excluding hydrogens is 241 g/mol. The Morgan fingerprint density at radius 2 is 2.06 bits per heavy atom. The molecule has 0 amide bonds. The van der Waals surface area contributed by atoms with Crippen molar-refractivity contribution in [3.05, 3.63) is 29.6 Å². The van der Waals surface area contributed by atoms with E-state index in [1.807, 2.05) is 0 Å². The molecule has 0 aliphatic heterocycles. The van der Waals surface area contributed by atoms with Crippen LogP contribution in [-0.4, -0.2) is 7.11 Å². The van der Waals surface area contributed by atoms with E-state index in [2.05, 4.69) is 6.92 Å². The van der Waals surface area contributed by atoms with E-state index in [9.17, 15) is 4.39 Å². The molecular formula is C13H21ClFNO. The molecule has 0 saturated heterocycles. The Bertz CT molecular complexity index is 333. The fourth-order valence-electron chi connectivity index (χ4n) is 1.74. The molecule has 1 aromatic rings. The van der Waals surface area contributed by atoms with Crippen LogP contribution in [0.3, 0.4) is 0 Å². The minimum absolute atomic E-state index is 0. The molecule has 1 atom stereocenters. The van der Waals surface area contributed by atoms with Crippen LogP contribution in [0.25, 0.3) is 0 Å². The first-order valence-electron chi connectivity index (χ1n) is 5.78. The number of methoxy groups -OCH3 is 1. The number of nitrogens with two attached hydrogens (primary N) is 1. The molecule has 0 bridgehead atoms. The highest BCUT2D eigenvalue weighted by Crippen LogP contribution is 2.26. The summed E-state index contributed by atoms with van der Waals surface area (Å²) in [5.74, 6) is -0.0579. The molecule has 0 aliphatic rings. The molecule has 0 saturated carbocycles. The van der Waals surface area contributed by atoms with Crippen LogP contribution in [0.4, 0.5) is 4.39 Å². The van der Waals surface area contributed by atoms with Crippen molar-refractivity contribution in [1.82, 2.24) is 0 Å². The molecule has 0 radical (unpaired) electrons. The summed E-state index contributed by atoms with van der Waals surface area (Å²) in [5, 5.41) is 0. The van der Waals surface area contributed by atoms with Crippen LogP contribution in [0.2, 0.25) is 0 Å². The Kier molecular flexibility index (Phi) is 7.92. The number of hydrogen-bond acceptors (Lipinski definition) is 2. The fourth-order valence-corrected chi connectivity index (χ4v) is 1.74. The van der Waals surface area contributed by atoms with Gasteiger partial charge in [-0.3, -0.25) is 0 Å². The second-order valence-electron chi connectivity index (χ2n) is 3.97. The predicted molar refractivity (Wildman–Crippen MR) is 71.3 cm³/mol. The van der Waals surface area contributed by atoms with Crippen molar-refractivity contribution < 1.29 is 9.13 Å². The van der Waals surface area contributed by atoms with Crippen LogP contribution >= 0.6 is 12.4 Å². The summed E-state index contributed by atoms with van der Waals surface area (Å²) in [4.78, 5) is 0. The first kappa shape index (κ1) is 16.2. The summed E-state index contributed by atoms with van der Waals surface area (Å²) >= 11 is 0. The van der Waals surface area contributed by atoms with Gasteiger partial charge in [-0.25, -0.2) is 4.39 Å². The number of rotatable bonds is 6. The van der Waals surface area contributed by atoms with Gasteiger partial charge in [-0.1, -0.05) is 38.3 Å². The van der Waals surface area contributed by atoms with E-state index in [1.165, 1.54) is 7.11 Å². The third kappa shape index (κ3) is 4.52. The minimum Gasteiger partial charge on any atom is -0.494 e. The second-order valence-corrected chi connectivity index (χ2v) is 3.97. The Balaban J connectivity index is 0.00000256. The van der Waals surface area contributed by atoms with Crippen molar-refractivity contribution in [2.75, 3.05) is 7.11 Å². The quantitative estimate of drug-likeness (QED) is 0.790. The molecule has 98 valence electrons. The molecule has 2 N–H and O–H groups in total. The standard InChI is InChI=1S/C13H20FNO.ClH/c1-3-4-5-8-11(15)10-7-6-9-12(16-2)13(10)14;/h6-7,9,11H,3-5,8,15H2,1-2H3;1H/t11-;/m0./s1. The normalized spacial score (nSPS) is 11.8. The monoisotopic (exact) mass is 261 g/mol. The topological polar surface area (TPSA) is 35.2 Å². The van der Waals surface area contributed by atoms with Crippen LogP contribution in [0.1, 0.15) is 44.2 Å². The van der Waals surface area contributed by atoms with Gasteiger partial charge in [0.25, 0.3) is 0 Å². The zero-order valence-electron chi connectivity index (χ0n) is 10.4. The number of hydrogen-bond donors (Lipinski definition) is 1. The van der Waals surface area contributed by atoms with Crippen molar-refractivity contribution in [1.29, 1.82) is 0 Å². The number of unbranched alkanes of at least 4 members (excludes halogenated alkanes) is 2. The molecule has 1 aromatic carbocycles. The molecule has 0 spiro atoms. The van der Waals surface area contributed by atoms with Gasteiger partial charge in [0.15, 0.2) is 11.6 Å². The summed E-state index contributed by atoms with van der Waals surface area (Å²) in [5.41, 5.74) is 6.52. The SMILES string of the molecule is CCCCC[C@H](N)c1cccc(OC)c1F.Cl. The van der Waals surface area contributed by atoms with E-state index < -0.39 is 0 Å². The molecule has 1 rings (SSSR count). The van der Waals surface area contributed by atoms with E-state index in [0.29, 0.717) is 5.56 Å². The molecule has 2 nitrogen and oxygen atoms in total. The molecule has 4 heteroatoms. The second kappa shape index (κ2) is 8.31. The van der Waals surface area contributed by atoms with Crippen molar-refractivity contribution in [3.8, 4) is 5.75 Å². The van der Waals surface area contributed by atoms with Gasteiger partial charge in [0, 0.05) is 11.6 Å². The van der Waals surface area contributed by atoms with E-state index in [1.54, 1.807) is 18.2 Å². The van der Waals surface area contributed by atoms with Crippen LogP contribution in [0.5, 0.6) is 5.75 Å². The van der Waals surface area contributed by atoms with Crippen molar-refractivity contribution in [3.63, 3.8) is 0 Å². The average molecular weight is 262 g/mol. The zero-order chi connectivity index (χ0) is 12.0. The van der Waals surface area contributed by atoms with Gasteiger partial charge in [-0.2, -0.15) is 0 Å². The Morgan fingerprint density at radius 3 is 2.65 bits per heavy atom. The van der Waals surface area contributed by atoms with Crippen LogP contribution in [0.15, 0.2) is 18.2 Å². The zero-order valence-corrected chi connectivity index (χ0v) is 11.2. The van der Waals surface area contributed by atoms with Gasteiger partial charge in [0.1, 0.15) is 0 Å².